The third kappa shape index (κ3) is 5.13. The molecule has 0 fully saturated rings. The van der Waals surface area contributed by atoms with Gasteiger partial charge in [-0.1, -0.05) is 29.8 Å². The molecule has 112 valence electrons. The molecular formula is C15H22BrNO3. The monoisotopic (exact) mass is 343 g/mol. The van der Waals surface area contributed by atoms with Gasteiger partial charge in [-0.3, -0.25) is 4.79 Å². The molecule has 1 amide bonds. The lowest BCUT2D eigenvalue weighted by Crippen LogP contribution is -2.37. The predicted molar refractivity (Wildman–Crippen MR) is 82.8 cm³/mol. The van der Waals surface area contributed by atoms with Crippen LogP contribution in [0.1, 0.15) is 45.3 Å². The molecule has 0 aliphatic carbocycles. The molecule has 0 unspecified atom stereocenters. The van der Waals surface area contributed by atoms with Gasteiger partial charge < -0.3 is 15.2 Å². The summed E-state index contributed by atoms with van der Waals surface area (Å²) in [6, 6.07) is 5.54. The van der Waals surface area contributed by atoms with Gasteiger partial charge >= 0.3 is 0 Å². The zero-order valence-electron chi connectivity index (χ0n) is 12.1. The quantitative estimate of drug-likeness (QED) is 0.799. The summed E-state index contributed by atoms with van der Waals surface area (Å²) in [5.41, 5.74) is 0.662. The van der Waals surface area contributed by atoms with E-state index in [9.17, 15) is 9.90 Å². The molecule has 1 aromatic rings. The Balaban J connectivity index is 2.63. The molecule has 2 N–H and O–H groups in total. The number of carbonyl (C=O) groups is 1. The summed E-state index contributed by atoms with van der Waals surface area (Å²) in [5.74, 6) is 0.390. The number of hydrogen-bond acceptors (Lipinski definition) is 3. The van der Waals surface area contributed by atoms with Crippen molar-refractivity contribution in [2.75, 3.05) is 6.61 Å². The number of benzene rings is 1. The van der Waals surface area contributed by atoms with Crippen molar-refractivity contribution in [1.82, 2.24) is 5.32 Å². The molecule has 0 bridgehead atoms. The van der Waals surface area contributed by atoms with Gasteiger partial charge in [0.25, 0.3) is 5.91 Å². The average molecular weight is 344 g/mol. The van der Waals surface area contributed by atoms with Gasteiger partial charge in [0.15, 0.2) is 6.61 Å². The van der Waals surface area contributed by atoms with E-state index in [1.165, 1.54) is 0 Å². The molecule has 0 aliphatic heterocycles. The Bertz CT molecular complexity index is 445. The highest BCUT2D eigenvalue weighted by atomic mass is 79.9. The Morgan fingerprint density at radius 3 is 2.60 bits per heavy atom. The molecule has 1 atom stereocenters. The van der Waals surface area contributed by atoms with E-state index >= 15 is 0 Å². The summed E-state index contributed by atoms with van der Waals surface area (Å²) in [6.07, 6.45) is 1.16. The van der Waals surface area contributed by atoms with Gasteiger partial charge in [-0.25, -0.2) is 0 Å². The maximum absolute atomic E-state index is 11.8. The number of carbonyl (C=O) groups excluding carboxylic acids is 1. The lowest BCUT2D eigenvalue weighted by atomic mass is 10.1. The Hall–Kier alpha value is -1.07. The smallest absolute Gasteiger partial charge is 0.258 e. The Labute approximate surface area is 128 Å². The largest absolute Gasteiger partial charge is 0.483 e. The first-order valence-electron chi connectivity index (χ1n) is 6.87. The SMILES string of the molecule is CCC(CC)NC(=O)COc1ccc(Br)cc1[C@@H](C)O. The Morgan fingerprint density at radius 2 is 2.05 bits per heavy atom. The number of halogens is 1. The van der Waals surface area contributed by atoms with Crippen molar-refractivity contribution < 1.29 is 14.6 Å². The minimum Gasteiger partial charge on any atom is -0.483 e. The van der Waals surface area contributed by atoms with Gasteiger partial charge in [0.2, 0.25) is 0 Å². The van der Waals surface area contributed by atoms with Crippen molar-refractivity contribution in [3.05, 3.63) is 28.2 Å². The minimum atomic E-state index is -0.649. The third-order valence-corrected chi connectivity index (χ3v) is 3.62. The van der Waals surface area contributed by atoms with Crippen LogP contribution in [0.5, 0.6) is 5.75 Å². The Morgan fingerprint density at radius 1 is 1.40 bits per heavy atom. The summed E-state index contributed by atoms with van der Waals surface area (Å²) in [4.78, 5) is 11.8. The maximum atomic E-state index is 11.8. The van der Waals surface area contributed by atoms with Crippen LogP contribution < -0.4 is 10.1 Å². The zero-order valence-corrected chi connectivity index (χ0v) is 13.7. The van der Waals surface area contributed by atoms with E-state index in [4.69, 9.17) is 4.74 Å². The fourth-order valence-corrected chi connectivity index (χ4v) is 2.26. The minimum absolute atomic E-state index is 0.0438. The van der Waals surface area contributed by atoms with Gasteiger partial charge in [-0.15, -0.1) is 0 Å². The van der Waals surface area contributed by atoms with Crippen molar-refractivity contribution in [1.29, 1.82) is 0 Å². The van der Waals surface area contributed by atoms with E-state index < -0.39 is 6.10 Å². The molecule has 1 aromatic carbocycles. The molecule has 5 heteroatoms. The normalized spacial score (nSPS) is 12.3. The molecule has 0 heterocycles. The fourth-order valence-electron chi connectivity index (χ4n) is 1.88. The number of ether oxygens (including phenoxy) is 1. The first-order chi connectivity index (χ1) is 9.47. The van der Waals surface area contributed by atoms with Crippen LogP contribution >= 0.6 is 15.9 Å². The summed E-state index contributed by atoms with van der Waals surface area (Å²) >= 11 is 3.35. The van der Waals surface area contributed by atoms with Gasteiger partial charge in [0.1, 0.15) is 5.75 Å². The van der Waals surface area contributed by atoms with Crippen molar-refractivity contribution in [3.8, 4) is 5.75 Å². The number of nitrogens with one attached hydrogen (secondary N) is 1. The first-order valence-corrected chi connectivity index (χ1v) is 7.66. The van der Waals surface area contributed by atoms with Crippen LogP contribution in [0.4, 0.5) is 0 Å². The fraction of sp³-hybridized carbons (Fsp3) is 0.533. The maximum Gasteiger partial charge on any atom is 0.258 e. The highest BCUT2D eigenvalue weighted by Crippen LogP contribution is 2.28. The van der Waals surface area contributed by atoms with E-state index in [2.05, 4.69) is 21.2 Å². The average Bonchev–Trinajstić information content (AvgIpc) is 2.43. The molecular weight excluding hydrogens is 322 g/mol. The topological polar surface area (TPSA) is 58.6 Å². The van der Waals surface area contributed by atoms with Crippen molar-refractivity contribution >= 4 is 21.8 Å². The van der Waals surface area contributed by atoms with Crippen LogP contribution in [0.2, 0.25) is 0 Å². The van der Waals surface area contributed by atoms with Crippen LogP contribution in [-0.2, 0) is 4.79 Å². The first kappa shape index (κ1) is 17.0. The summed E-state index contributed by atoms with van der Waals surface area (Å²) in [5, 5.41) is 12.6. The molecule has 4 nitrogen and oxygen atoms in total. The molecule has 0 aliphatic rings. The third-order valence-electron chi connectivity index (χ3n) is 3.13. The van der Waals surface area contributed by atoms with Crippen molar-refractivity contribution in [3.63, 3.8) is 0 Å². The molecule has 0 saturated heterocycles. The van der Waals surface area contributed by atoms with Gasteiger partial charge in [0.05, 0.1) is 6.10 Å². The standard InChI is InChI=1S/C15H22BrNO3/c1-4-12(5-2)17-15(19)9-20-14-7-6-11(16)8-13(14)10(3)18/h6-8,10,12,18H,4-5,9H2,1-3H3,(H,17,19)/t10-/m1/s1. The van der Waals surface area contributed by atoms with Crippen molar-refractivity contribution in [2.45, 2.75) is 45.8 Å². The molecule has 0 saturated carbocycles. The number of aliphatic hydroxyl groups excluding tert-OH is 1. The second-order valence-electron chi connectivity index (χ2n) is 4.73. The summed E-state index contributed by atoms with van der Waals surface area (Å²) < 4.78 is 6.38. The number of rotatable bonds is 7. The van der Waals surface area contributed by atoms with E-state index in [0.717, 1.165) is 17.3 Å². The summed E-state index contributed by atoms with van der Waals surface area (Å²) in [6.45, 7) is 5.70. The van der Waals surface area contributed by atoms with Crippen LogP contribution in [-0.4, -0.2) is 23.7 Å². The van der Waals surface area contributed by atoms with Crippen LogP contribution in [0.3, 0.4) is 0 Å². The zero-order chi connectivity index (χ0) is 15.1. The second kappa shape index (κ2) is 8.27. The van der Waals surface area contributed by atoms with E-state index in [-0.39, 0.29) is 18.6 Å². The number of amides is 1. The molecule has 0 spiro atoms. The van der Waals surface area contributed by atoms with Crippen LogP contribution in [0.15, 0.2) is 22.7 Å². The van der Waals surface area contributed by atoms with Crippen LogP contribution in [0, 0.1) is 0 Å². The lowest BCUT2D eigenvalue weighted by molar-refractivity contribution is -0.123. The van der Waals surface area contributed by atoms with Gasteiger partial charge in [-0.2, -0.15) is 0 Å². The lowest BCUT2D eigenvalue weighted by Gasteiger charge is -2.17. The number of hydrogen-bond donors (Lipinski definition) is 2. The van der Waals surface area contributed by atoms with Gasteiger partial charge in [0, 0.05) is 16.1 Å². The summed E-state index contributed by atoms with van der Waals surface area (Å²) in [7, 11) is 0. The van der Waals surface area contributed by atoms with E-state index in [1.54, 1.807) is 19.1 Å². The predicted octanol–water partition coefficient (Wildman–Crippen LogP) is 3.19. The Kier molecular flexibility index (Phi) is 7.02. The van der Waals surface area contributed by atoms with E-state index in [0.29, 0.717) is 11.3 Å². The van der Waals surface area contributed by atoms with Gasteiger partial charge in [-0.05, 0) is 38.0 Å². The second-order valence-corrected chi connectivity index (χ2v) is 5.64. The highest BCUT2D eigenvalue weighted by Gasteiger charge is 2.13. The van der Waals surface area contributed by atoms with E-state index in [1.807, 2.05) is 19.9 Å². The van der Waals surface area contributed by atoms with Crippen LogP contribution in [0.25, 0.3) is 0 Å². The number of aliphatic hydroxyl groups is 1. The highest BCUT2D eigenvalue weighted by molar-refractivity contribution is 9.10. The molecule has 0 radical (unpaired) electrons. The van der Waals surface area contributed by atoms with Crippen molar-refractivity contribution in [2.24, 2.45) is 0 Å². The molecule has 0 aromatic heterocycles. The molecule has 1 rings (SSSR count). The molecule has 20 heavy (non-hydrogen) atoms.